The van der Waals surface area contributed by atoms with Crippen LogP contribution in [0.2, 0.25) is 0 Å². The van der Waals surface area contributed by atoms with E-state index in [0.717, 1.165) is 23.2 Å². The Hall–Kier alpha value is -3.52. The lowest BCUT2D eigenvalue weighted by molar-refractivity contribution is 0.215. The summed E-state index contributed by atoms with van der Waals surface area (Å²) in [4.78, 5) is 0. The molecular formula is C62H94N2. The van der Waals surface area contributed by atoms with Crippen LogP contribution in [0.5, 0.6) is 0 Å². The van der Waals surface area contributed by atoms with E-state index in [4.69, 9.17) is 11.5 Å². The molecule has 2 heteroatoms. The fourth-order valence-electron chi connectivity index (χ4n) is 11.3. The summed E-state index contributed by atoms with van der Waals surface area (Å²) in [6.07, 6.45) is 40.7. The van der Waals surface area contributed by atoms with Crippen LogP contribution in [0.1, 0.15) is 265 Å². The maximum atomic E-state index is 6.21. The molecule has 2 nitrogen and oxygen atoms in total. The van der Waals surface area contributed by atoms with Gasteiger partial charge in [0.05, 0.1) is 0 Å². The van der Waals surface area contributed by atoms with E-state index in [1.54, 1.807) is 0 Å². The molecule has 0 heterocycles. The monoisotopic (exact) mass is 867 g/mol. The highest BCUT2D eigenvalue weighted by Gasteiger charge is 2.26. The third kappa shape index (κ3) is 18.0. The highest BCUT2D eigenvalue weighted by molar-refractivity contribution is 5.45. The summed E-state index contributed by atoms with van der Waals surface area (Å²) in [5.74, 6) is 2.96. The first-order valence-electron chi connectivity index (χ1n) is 27.4. The fraction of sp³-hybridized carbons (Fsp3) is 0.613. The number of hydrogen-bond donors (Lipinski definition) is 2. The second-order valence-electron chi connectivity index (χ2n) is 20.4. The Bertz CT molecular complexity index is 1620. The van der Waals surface area contributed by atoms with Crippen LogP contribution >= 0.6 is 0 Å². The van der Waals surface area contributed by atoms with Gasteiger partial charge in [-0.05, 0) is 95.2 Å². The molecule has 0 aliphatic heterocycles. The van der Waals surface area contributed by atoms with Crippen LogP contribution in [0.3, 0.4) is 0 Å². The SMILES string of the molecule is CCCCCCCCCCCC(c1ccc(N)cc1)c1ccc(C(CCC(CCCC)C2CCCCC2)c2ccc(C(CCCCCCCCCCC)c3ccc(N)cc3)cc2)cc1. The zero-order valence-corrected chi connectivity index (χ0v) is 41.5. The van der Waals surface area contributed by atoms with E-state index in [0.29, 0.717) is 17.8 Å². The summed E-state index contributed by atoms with van der Waals surface area (Å²) >= 11 is 0. The van der Waals surface area contributed by atoms with Gasteiger partial charge >= 0.3 is 0 Å². The Kier molecular flexibility index (Phi) is 24.6. The van der Waals surface area contributed by atoms with Crippen molar-refractivity contribution in [3.63, 3.8) is 0 Å². The van der Waals surface area contributed by atoms with E-state index in [-0.39, 0.29) is 0 Å². The molecule has 4 aromatic carbocycles. The predicted octanol–water partition coefficient (Wildman–Crippen LogP) is 19.3. The van der Waals surface area contributed by atoms with Crippen molar-refractivity contribution in [3.05, 3.63) is 130 Å². The fourth-order valence-corrected chi connectivity index (χ4v) is 11.3. The number of anilines is 2. The molecule has 3 unspecified atom stereocenters. The van der Waals surface area contributed by atoms with Crippen LogP contribution in [0.25, 0.3) is 0 Å². The molecule has 0 bridgehead atoms. The topological polar surface area (TPSA) is 52.0 Å². The van der Waals surface area contributed by atoms with Crippen molar-refractivity contribution in [2.45, 2.75) is 231 Å². The molecule has 4 aromatic rings. The van der Waals surface area contributed by atoms with Crippen molar-refractivity contribution in [3.8, 4) is 0 Å². The molecule has 0 aromatic heterocycles. The van der Waals surface area contributed by atoms with Crippen molar-refractivity contribution in [1.29, 1.82) is 0 Å². The van der Waals surface area contributed by atoms with Gasteiger partial charge in [-0.3, -0.25) is 0 Å². The standard InChI is InChI=1S/C62H94N2/c1-4-7-10-12-14-16-18-20-25-30-60(56-40-45-58(63)46-41-56)52-32-36-54(37-33-52)62(49-44-51(27-9-6-3)50-28-23-22-24-29-50)55-38-34-53(35-39-55)61(57-42-47-59(64)48-43-57)31-26-21-19-17-15-13-11-8-5-2/h32-43,45-48,50-51,60-62H,4-31,44,49,63-64H2,1-3H3. The number of benzene rings is 4. The maximum Gasteiger partial charge on any atom is 0.0314 e. The van der Waals surface area contributed by atoms with Crippen LogP contribution in [0.15, 0.2) is 97.1 Å². The Labute approximate surface area is 394 Å². The Balaban J connectivity index is 1.35. The van der Waals surface area contributed by atoms with E-state index < -0.39 is 0 Å². The van der Waals surface area contributed by atoms with Crippen LogP contribution in [0, 0.1) is 11.8 Å². The van der Waals surface area contributed by atoms with E-state index in [2.05, 4.69) is 118 Å². The van der Waals surface area contributed by atoms with Gasteiger partial charge in [-0.1, -0.05) is 261 Å². The van der Waals surface area contributed by atoms with Crippen LogP contribution in [-0.2, 0) is 0 Å². The first-order valence-corrected chi connectivity index (χ1v) is 27.4. The molecule has 1 aliphatic rings. The third-order valence-electron chi connectivity index (χ3n) is 15.4. The average Bonchev–Trinajstić information content (AvgIpc) is 3.33. The highest BCUT2D eigenvalue weighted by atomic mass is 14.5. The van der Waals surface area contributed by atoms with Crippen molar-refractivity contribution in [2.75, 3.05) is 11.5 Å². The quantitative estimate of drug-likeness (QED) is 0.0370. The maximum absolute atomic E-state index is 6.21. The zero-order chi connectivity index (χ0) is 45.0. The minimum Gasteiger partial charge on any atom is -0.399 e. The second kappa shape index (κ2) is 30.6. The number of rotatable bonds is 33. The summed E-state index contributed by atoms with van der Waals surface area (Å²) in [6, 6.07) is 37.5. The van der Waals surface area contributed by atoms with Crippen LogP contribution < -0.4 is 11.5 Å². The third-order valence-corrected chi connectivity index (χ3v) is 15.4. The van der Waals surface area contributed by atoms with Gasteiger partial charge in [0.2, 0.25) is 0 Å². The normalized spacial score (nSPS) is 15.2. The summed E-state index contributed by atoms with van der Waals surface area (Å²) < 4.78 is 0. The van der Waals surface area contributed by atoms with E-state index in [1.165, 1.54) is 226 Å². The lowest BCUT2D eigenvalue weighted by Crippen LogP contribution is -2.19. The molecule has 3 atom stereocenters. The molecule has 0 saturated heterocycles. The molecule has 1 fully saturated rings. The van der Waals surface area contributed by atoms with Gasteiger partial charge < -0.3 is 11.5 Å². The minimum absolute atomic E-state index is 0.399. The Morgan fingerprint density at radius 3 is 0.969 bits per heavy atom. The van der Waals surface area contributed by atoms with Crippen molar-refractivity contribution in [1.82, 2.24) is 0 Å². The molecule has 64 heavy (non-hydrogen) atoms. The Morgan fingerprint density at radius 2 is 0.625 bits per heavy atom. The van der Waals surface area contributed by atoms with Crippen LogP contribution in [-0.4, -0.2) is 0 Å². The number of hydrogen-bond acceptors (Lipinski definition) is 2. The van der Waals surface area contributed by atoms with E-state index in [1.807, 2.05) is 0 Å². The Morgan fingerprint density at radius 1 is 0.328 bits per heavy atom. The van der Waals surface area contributed by atoms with Gasteiger partial charge in [0, 0.05) is 29.1 Å². The highest BCUT2D eigenvalue weighted by Crippen LogP contribution is 2.41. The average molecular weight is 867 g/mol. The van der Waals surface area contributed by atoms with Crippen molar-refractivity contribution < 1.29 is 0 Å². The van der Waals surface area contributed by atoms with Gasteiger partial charge in [-0.2, -0.15) is 0 Å². The first kappa shape index (κ1) is 51.5. The minimum atomic E-state index is 0.399. The number of nitrogen functional groups attached to an aromatic ring is 2. The van der Waals surface area contributed by atoms with Crippen LogP contribution in [0.4, 0.5) is 11.4 Å². The smallest absolute Gasteiger partial charge is 0.0314 e. The molecule has 0 radical (unpaired) electrons. The zero-order valence-electron chi connectivity index (χ0n) is 41.5. The summed E-state index contributed by atoms with van der Waals surface area (Å²) in [7, 11) is 0. The van der Waals surface area contributed by atoms with Crippen molar-refractivity contribution >= 4 is 11.4 Å². The molecule has 1 aliphatic carbocycles. The number of nitrogens with two attached hydrogens (primary N) is 2. The number of unbranched alkanes of at least 4 members (excludes halogenated alkanes) is 17. The van der Waals surface area contributed by atoms with E-state index in [9.17, 15) is 0 Å². The summed E-state index contributed by atoms with van der Waals surface area (Å²) in [5, 5.41) is 0. The van der Waals surface area contributed by atoms with Gasteiger partial charge in [0.25, 0.3) is 0 Å². The summed E-state index contributed by atoms with van der Waals surface area (Å²) in [6.45, 7) is 7.00. The molecule has 1 saturated carbocycles. The molecule has 0 spiro atoms. The molecule has 4 N–H and O–H groups in total. The van der Waals surface area contributed by atoms with Gasteiger partial charge in [0.1, 0.15) is 0 Å². The van der Waals surface area contributed by atoms with Gasteiger partial charge in [-0.25, -0.2) is 0 Å². The lowest BCUT2D eigenvalue weighted by atomic mass is 9.74. The second-order valence-corrected chi connectivity index (χ2v) is 20.4. The summed E-state index contributed by atoms with van der Waals surface area (Å²) in [5.41, 5.74) is 22.8. The first-order chi connectivity index (χ1) is 31.5. The molecular weight excluding hydrogens is 773 g/mol. The predicted molar refractivity (Wildman–Crippen MR) is 283 cm³/mol. The molecule has 352 valence electrons. The lowest BCUT2D eigenvalue weighted by Gasteiger charge is -2.32. The van der Waals surface area contributed by atoms with Gasteiger partial charge in [0.15, 0.2) is 0 Å². The largest absolute Gasteiger partial charge is 0.399 e. The molecule has 5 rings (SSSR count). The molecule has 0 amide bonds. The van der Waals surface area contributed by atoms with Gasteiger partial charge in [-0.15, -0.1) is 0 Å². The van der Waals surface area contributed by atoms with E-state index >= 15 is 0 Å². The van der Waals surface area contributed by atoms with Crippen molar-refractivity contribution in [2.24, 2.45) is 11.8 Å².